The predicted octanol–water partition coefficient (Wildman–Crippen LogP) is 2.41. The van der Waals surface area contributed by atoms with Gasteiger partial charge in [0.15, 0.2) is 0 Å². The zero-order chi connectivity index (χ0) is 21.0. The Bertz CT molecular complexity index is 1020. The first-order chi connectivity index (χ1) is 15.3. The minimum Gasteiger partial charge on any atom is -0.378 e. The number of piperazine rings is 1. The summed E-state index contributed by atoms with van der Waals surface area (Å²) >= 11 is 0. The Balaban J connectivity index is 1.30. The maximum atomic E-state index is 5.43. The molecule has 2 fully saturated rings. The van der Waals surface area contributed by atoms with Crippen LogP contribution in [0.4, 0.5) is 17.6 Å². The SMILES string of the molecule is Cc1nc(N2CCOCC2)ncc1-c1ccnc(N2CCN(c3ccccc3)CC2)n1. The Morgan fingerprint density at radius 2 is 1.42 bits per heavy atom. The quantitative estimate of drug-likeness (QED) is 0.641. The van der Waals surface area contributed by atoms with E-state index in [1.807, 2.05) is 25.4 Å². The number of rotatable bonds is 4. The van der Waals surface area contributed by atoms with Crippen molar-refractivity contribution in [1.29, 1.82) is 0 Å². The van der Waals surface area contributed by atoms with Gasteiger partial charge in [0.1, 0.15) is 0 Å². The molecule has 0 N–H and O–H groups in total. The highest BCUT2D eigenvalue weighted by Crippen LogP contribution is 2.24. The monoisotopic (exact) mass is 417 g/mol. The highest BCUT2D eigenvalue weighted by molar-refractivity contribution is 5.63. The lowest BCUT2D eigenvalue weighted by atomic mass is 10.2. The van der Waals surface area contributed by atoms with E-state index in [1.165, 1.54) is 5.69 Å². The summed E-state index contributed by atoms with van der Waals surface area (Å²) in [6, 6.07) is 12.5. The van der Waals surface area contributed by atoms with E-state index in [0.29, 0.717) is 0 Å². The lowest BCUT2D eigenvalue weighted by Crippen LogP contribution is -2.47. The van der Waals surface area contributed by atoms with E-state index >= 15 is 0 Å². The van der Waals surface area contributed by atoms with E-state index < -0.39 is 0 Å². The summed E-state index contributed by atoms with van der Waals surface area (Å²) in [5.74, 6) is 1.53. The molecule has 8 heteroatoms. The van der Waals surface area contributed by atoms with E-state index in [4.69, 9.17) is 14.7 Å². The fourth-order valence-electron chi connectivity index (χ4n) is 4.08. The second-order valence-corrected chi connectivity index (χ2v) is 7.82. The first kappa shape index (κ1) is 19.7. The Morgan fingerprint density at radius 1 is 0.742 bits per heavy atom. The van der Waals surface area contributed by atoms with Crippen LogP contribution in [0.1, 0.15) is 5.69 Å². The van der Waals surface area contributed by atoms with Crippen LogP contribution in [0.25, 0.3) is 11.3 Å². The molecule has 0 atom stereocenters. The molecule has 2 aliphatic heterocycles. The summed E-state index contributed by atoms with van der Waals surface area (Å²) in [6.45, 7) is 8.79. The van der Waals surface area contributed by atoms with Gasteiger partial charge in [0.25, 0.3) is 0 Å². The van der Waals surface area contributed by atoms with Crippen LogP contribution in [0.5, 0.6) is 0 Å². The molecule has 0 aliphatic carbocycles. The molecule has 160 valence electrons. The number of hydrogen-bond donors (Lipinski definition) is 0. The van der Waals surface area contributed by atoms with Crippen LogP contribution in [0.15, 0.2) is 48.8 Å². The number of ether oxygens (including phenoxy) is 1. The molecule has 0 spiro atoms. The van der Waals surface area contributed by atoms with Crippen molar-refractivity contribution in [2.45, 2.75) is 6.92 Å². The van der Waals surface area contributed by atoms with Gasteiger partial charge >= 0.3 is 0 Å². The number of morpholine rings is 1. The highest BCUT2D eigenvalue weighted by atomic mass is 16.5. The largest absolute Gasteiger partial charge is 0.378 e. The number of benzene rings is 1. The van der Waals surface area contributed by atoms with Gasteiger partial charge < -0.3 is 19.4 Å². The van der Waals surface area contributed by atoms with Crippen LogP contribution < -0.4 is 14.7 Å². The van der Waals surface area contributed by atoms with E-state index in [-0.39, 0.29) is 0 Å². The average Bonchev–Trinajstić information content (AvgIpc) is 2.85. The zero-order valence-electron chi connectivity index (χ0n) is 17.8. The van der Waals surface area contributed by atoms with Gasteiger partial charge in [-0.1, -0.05) is 18.2 Å². The topological polar surface area (TPSA) is 70.5 Å². The molecule has 5 rings (SSSR count). The minimum absolute atomic E-state index is 0.719. The summed E-state index contributed by atoms with van der Waals surface area (Å²) in [7, 11) is 0. The third-order valence-corrected chi connectivity index (χ3v) is 5.86. The van der Waals surface area contributed by atoms with Crippen molar-refractivity contribution in [3.63, 3.8) is 0 Å². The van der Waals surface area contributed by atoms with Gasteiger partial charge in [0.2, 0.25) is 11.9 Å². The zero-order valence-corrected chi connectivity index (χ0v) is 17.8. The summed E-state index contributed by atoms with van der Waals surface area (Å²) in [5.41, 5.74) is 4.00. The number of aryl methyl sites for hydroxylation is 1. The molecule has 0 unspecified atom stereocenters. The van der Waals surface area contributed by atoms with Gasteiger partial charge in [-0.15, -0.1) is 0 Å². The van der Waals surface area contributed by atoms with Crippen molar-refractivity contribution in [3.05, 3.63) is 54.5 Å². The maximum absolute atomic E-state index is 5.43. The van der Waals surface area contributed by atoms with Gasteiger partial charge in [0.05, 0.1) is 24.6 Å². The molecule has 0 saturated carbocycles. The van der Waals surface area contributed by atoms with Crippen molar-refractivity contribution in [1.82, 2.24) is 19.9 Å². The molecule has 2 aromatic heterocycles. The fourth-order valence-corrected chi connectivity index (χ4v) is 4.08. The van der Waals surface area contributed by atoms with Gasteiger partial charge in [-0.3, -0.25) is 0 Å². The van der Waals surface area contributed by atoms with Crippen molar-refractivity contribution < 1.29 is 4.74 Å². The Hall–Kier alpha value is -3.26. The molecule has 31 heavy (non-hydrogen) atoms. The van der Waals surface area contributed by atoms with Gasteiger partial charge in [-0.2, -0.15) is 0 Å². The van der Waals surface area contributed by atoms with Crippen LogP contribution in [0.2, 0.25) is 0 Å². The molecular weight excluding hydrogens is 390 g/mol. The molecule has 8 nitrogen and oxygen atoms in total. The average molecular weight is 418 g/mol. The number of hydrogen-bond acceptors (Lipinski definition) is 8. The second kappa shape index (κ2) is 8.85. The lowest BCUT2D eigenvalue weighted by molar-refractivity contribution is 0.122. The van der Waals surface area contributed by atoms with Crippen LogP contribution in [-0.2, 0) is 4.74 Å². The number of nitrogens with zero attached hydrogens (tertiary/aromatic N) is 7. The van der Waals surface area contributed by atoms with Gasteiger partial charge in [-0.25, -0.2) is 19.9 Å². The van der Waals surface area contributed by atoms with Crippen LogP contribution in [0, 0.1) is 6.92 Å². The first-order valence-electron chi connectivity index (χ1n) is 10.8. The molecule has 3 aromatic rings. The standard InChI is InChI=1S/C23H27N7O/c1-18-20(17-25-23(26-18)30-13-15-31-16-14-30)21-7-8-24-22(27-21)29-11-9-28(10-12-29)19-5-3-2-4-6-19/h2-8,17H,9-16H2,1H3. The summed E-state index contributed by atoms with van der Waals surface area (Å²) in [4.78, 5) is 25.6. The molecular formula is C23H27N7O. The number of para-hydroxylation sites is 1. The first-order valence-corrected chi connectivity index (χ1v) is 10.8. The molecule has 2 aliphatic rings. The van der Waals surface area contributed by atoms with E-state index in [2.05, 4.69) is 55.0 Å². The van der Waals surface area contributed by atoms with Crippen molar-refractivity contribution >= 4 is 17.6 Å². The summed E-state index contributed by atoms with van der Waals surface area (Å²) in [6.07, 6.45) is 3.71. The third-order valence-electron chi connectivity index (χ3n) is 5.86. The van der Waals surface area contributed by atoms with E-state index in [0.717, 1.165) is 81.3 Å². The predicted molar refractivity (Wildman–Crippen MR) is 122 cm³/mol. The Labute approximate surface area is 182 Å². The Morgan fingerprint density at radius 3 is 2.16 bits per heavy atom. The van der Waals surface area contributed by atoms with Crippen LogP contribution >= 0.6 is 0 Å². The molecule has 2 saturated heterocycles. The highest BCUT2D eigenvalue weighted by Gasteiger charge is 2.20. The summed E-state index contributed by atoms with van der Waals surface area (Å²) in [5, 5.41) is 0. The second-order valence-electron chi connectivity index (χ2n) is 7.82. The maximum Gasteiger partial charge on any atom is 0.225 e. The molecule has 0 radical (unpaired) electrons. The molecule has 0 bridgehead atoms. The van der Waals surface area contributed by atoms with Crippen molar-refractivity contribution in [2.75, 3.05) is 67.2 Å². The third kappa shape index (κ3) is 4.29. The van der Waals surface area contributed by atoms with E-state index in [1.54, 1.807) is 0 Å². The van der Waals surface area contributed by atoms with Gasteiger partial charge in [0, 0.05) is 62.9 Å². The molecule has 0 amide bonds. The minimum atomic E-state index is 0.719. The van der Waals surface area contributed by atoms with E-state index in [9.17, 15) is 0 Å². The van der Waals surface area contributed by atoms with Crippen LogP contribution in [-0.4, -0.2) is 72.4 Å². The van der Waals surface area contributed by atoms with Gasteiger partial charge in [-0.05, 0) is 25.1 Å². The Kier molecular flexibility index (Phi) is 5.62. The molecule has 1 aromatic carbocycles. The normalized spacial score (nSPS) is 17.1. The van der Waals surface area contributed by atoms with Crippen molar-refractivity contribution in [2.24, 2.45) is 0 Å². The fraction of sp³-hybridized carbons (Fsp3) is 0.391. The number of anilines is 3. The number of aromatic nitrogens is 4. The smallest absolute Gasteiger partial charge is 0.225 e. The lowest BCUT2D eigenvalue weighted by Gasteiger charge is -2.36. The summed E-state index contributed by atoms with van der Waals surface area (Å²) < 4.78 is 5.43. The van der Waals surface area contributed by atoms with Crippen LogP contribution in [0.3, 0.4) is 0 Å². The molecule has 4 heterocycles. The van der Waals surface area contributed by atoms with Crippen molar-refractivity contribution in [3.8, 4) is 11.3 Å².